The van der Waals surface area contributed by atoms with Gasteiger partial charge in [-0.2, -0.15) is 4.68 Å². The van der Waals surface area contributed by atoms with Gasteiger partial charge in [0.2, 0.25) is 0 Å². The molecule has 132 valence electrons. The minimum Gasteiger partial charge on any atom is -0.482 e. The summed E-state index contributed by atoms with van der Waals surface area (Å²) in [5.74, 6) is -0.289. The van der Waals surface area contributed by atoms with Crippen LogP contribution in [0.3, 0.4) is 0 Å². The molecule has 1 heterocycles. The number of esters is 1. The van der Waals surface area contributed by atoms with E-state index in [9.17, 15) is 9.59 Å². The van der Waals surface area contributed by atoms with Crippen molar-refractivity contribution in [1.29, 1.82) is 0 Å². The maximum Gasteiger partial charge on any atom is 0.343 e. The smallest absolute Gasteiger partial charge is 0.343 e. The Morgan fingerprint density at radius 3 is 2.58 bits per heavy atom. The van der Waals surface area contributed by atoms with Gasteiger partial charge in [-0.1, -0.05) is 12.1 Å². The predicted molar refractivity (Wildman–Crippen MR) is 91.1 cm³/mol. The number of hydrogen-bond acceptors (Lipinski definition) is 7. The van der Waals surface area contributed by atoms with E-state index >= 15 is 0 Å². The summed E-state index contributed by atoms with van der Waals surface area (Å²) in [6.07, 6.45) is 1.42. The van der Waals surface area contributed by atoms with E-state index in [4.69, 9.17) is 4.74 Å². The van der Waals surface area contributed by atoms with E-state index in [1.807, 2.05) is 0 Å². The molecule has 0 radical (unpaired) electrons. The lowest BCUT2D eigenvalue weighted by atomic mass is 10.1. The molecule has 2 aromatic carbocycles. The normalized spacial score (nSPS) is 10.2. The predicted octanol–water partition coefficient (Wildman–Crippen LogP) is 1.47. The van der Waals surface area contributed by atoms with Crippen LogP contribution in [0.4, 0.5) is 5.69 Å². The number of tetrazole rings is 1. The Hall–Kier alpha value is -3.75. The Morgan fingerprint density at radius 1 is 1.12 bits per heavy atom. The number of carbonyl (C=O) groups excluding carboxylic acids is 2. The SMILES string of the molecule is COC(=O)COc1ccc(NC(=O)c2ccccc2-n2cnnn2)cc1. The van der Waals surface area contributed by atoms with Gasteiger partial charge in [0.15, 0.2) is 6.61 Å². The number of rotatable bonds is 6. The van der Waals surface area contributed by atoms with Crippen molar-refractivity contribution in [3.63, 3.8) is 0 Å². The first-order valence-electron chi connectivity index (χ1n) is 7.61. The summed E-state index contributed by atoms with van der Waals surface area (Å²) in [6, 6.07) is 13.6. The van der Waals surface area contributed by atoms with E-state index in [2.05, 4.69) is 25.6 Å². The number of benzene rings is 2. The number of ether oxygens (including phenoxy) is 2. The van der Waals surface area contributed by atoms with Crippen LogP contribution in [0.1, 0.15) is 10.4 Å². The van der Waals surface area contributed by atoms with E-state index in [0.29, 0.717) is 22.7 Å². The number of amides is 1. The van der Waals surface area contributed by atoms with Crippen molar-refractivity contribution in [2.24, 2.45) is 0 Å². The molecule has 0 bridgehead atoms. The zero-order chi connectivity index (χ0) is 18.4. The second kappa shape index (κ2) is 7.88. The van der Waals surface area contributed by atoms with E-state index in [1.54, 1.807) is 48.5 Å². The number of hydrogen-bond donors (Lipinski definition) is 1. The lowest BCUT2D eigenvalue weighted by Crippen LogP contribution is -2.15. The summed E-state index contributed by atoms with van der Waals surface area (Å²) < 4.78 is 11.2. The fourth-order valence-corrected chi connectivity index (χ4v) is 2.17. The molecule has 9 nitrogen and oxygen atoms in total. The average Bonchev–Trinajstić information content (AvgIpc) is 3.21. The highest BCUT2D eigenvalue weighted by Crippen LogP contribution is 2.18. The van der Waals surface area contributed by atoms with Crippen molar-refractivity contribution >= 4 is 17.6 Å². The Kier molecular flexibility index (Phi) is 5.18. The van der Waals surface area contributed by atoms with Crippen molar-refractivity contribution < 1.29 is 19.1 Å². The van der Waals surface area contributed by atoms with Crippen LogP contribution in [0, 0.1) is 0 Å². The van der Waals surface area contributed by atoms with Crippen molar-refractivity contribution in [2.75, 3.05) is 19.0 Å². The first-order valence-corrected chi connectivity index (χ1v) is 7.61. The Balaban J connectivity index is 1.70. The van der Waals surface area contributed by atoms with Gasteiger partial charge in [-0.25, -0.2) is 4.79 Å². The minimum absolute atomic E-state index is 0.179. The lowest BCUT2D eigenvalue weighted by molar-refractivity contribution is -0.142. The Bertz CT molecular complexity index is 894. The molecule has 0 unspecified atom stereocenters. The summed E-state index contributed by atoms with van der Waals surface area (Å²) in [5.41, 5.74) is 1.56. The quantitative estimate of drug-likeness (QED) is 0.668. The molecule has 3 aromatic rings. The van der Waals surface area contributed by atoms with Crippen molar-refractivity contribution in [3.8, 4) is 11.4 Å². The number of anilines is 1. The number of nitrogens with one attached hydrogen (secondary N) is 1. The summed E-state index contributed by atoms with van der Waals surface area (Å²) in [5, 5.41) is 13.8. The fourth-order valence-electron chi connectivity index (χ4n) is 2.17. The summed E-state index contributed by atoms with van der Waals surface area (Å²) in [4.78, 5) is 23.6. The zero-order valence-corrected chi connectivity index (χ0v) is 13.8. The monoisotopic (exact) mass is 353 g/mol. The van der Waals surface area contributed by atoms with Crippen LogP contribution in [-0.2, 0) is 9.53 Å². The van der Waals surface area contributed by atoms with E-state index < -0.39 is 5.97 Å². The molecule has 0 aliphatic heterocycles. The Morgan fingerprint density at radius 2 is 1.88 bits per heavy atom. The van der Waals surface area contributed by atoms with Crippen LogP contribution in [0.25, 0.3) is 5.69 Å². The fraction of sp³-hybridized carbons (Fsp3) is 0.118. The van der Waals surface area contributed by atoms with Crippen LogP contribution in [0.15, 0.2) is 54.9 Å². The molecule has 0 aliphatic rings. The largest absolute Gasteiger partial charge is 0.482 e. The standard InChI is InChI=1S/C17H15N5O4/c1-25-16(23)10-26-13-8-6-12(7-9-13)19-17(24)14-4-2-3-5-15(14)22-11-18-20-21-22/h2-9,11H,10H2,1H3,(H,19,24). The van der Waals surface area contributed by atoms with Crippen LogP contribution in [0.5, 0.6) is 5.75 Å². The summed E-state index contributed by atoms with van der Waals surface area (Å²) >= 11 is 0. The summed E-state index contributed by atoms with van der Waals surface area (Å²) in [6.45, 7) is -0.179. The van der Waals surface area contributed by atoms with Gasteiger partial charge in [-0.3, -0.25) is 4.79 Å². The second-order valence-electron chi connectivity index (χ2n) is 5.11. The lowest BCUT2D eigenvalue weighted by Gasteiger charge is -2.10. The average molecular weight is 353 g/mol. The van der Waals surface area contributed by atoms with Gasteiger partial charge in [0, 0.05) is 5.69 Å². The highest BCUT2D eigenvalue weighted by atomic mass is 16.6. The van der Waals surface area contributed by atoms with Crippen LogP contribution in [-0.4, -0.2) is 45.8 Å². The topological polar surface area (TPSA) is 108 Å². The third-order valence-electron chi connectivity index (χ3n) is 3.44. The Labute approximate surface area is 148 Å². The van der Waals surface area contributed by atoms with Gasteiger partial charge in [-0.05, 0) is 46.8 Å². The number of nitrogens with zero attached hydrogens (tertiary/aromatic N) is 4. The van der Waals surface area contributed by atoms with Crippen molar-refractivity contribution in [2.45, 2.75) is 0 Å². The van der Waals surface area contributed by atoms with Gasteiger partial charge < -0.3 is 14.8 Å². The molecule has 1 N–H and O–H groups in total. The second-order valence-corrected chi connectivity index (χ2v) is 5.11. The van der Waals surface area contributed by atoms with Gasteiger partial charge in [0.05, 0.1) is 18.4 Å². The molecule has 0 saturated heterocycles. The van der Waals surface area contributed by atoms with Crippen molar-refractivity contribution in [3.05, 3.63) is 60.4 Å². The first kappa shape index (κ1) is 17.1. The highest BCUT2D eigenvalue weighted by Gasteiger charge is 2.13. The third kappa shape index (κ3) is 4.01. The zero-order valence-electron chi connectivity index (χ0n) is 13.8. The third-order valence-corrected chi connectivity index (χ3v) is 3.44. The van der Waals surface area contributed by atoms with E-state index in [-0.39, 0.29) is 12.5 Å². The summed E-state index contributed by atoms with van der Waals surface area (Å²) in [7, 11) is 1.29. The molecule has 0 spiro atoms. The molecule has 9 heteroatoms. The van der Waals surface area contributed by atoms with Gasteiger partial charge in [-0.15, -0.1) is 5.10 Å². The number of carbonyl (C=O) groups is 2. The van der Waals surface area contributed by atoms with Gasteiger partial charge in [0.1, 0.15) is 12.1 Å². The van der Waals surface area contributed by atoms with Gasteiger partial charge >= 0.3 is 5.97 Å². The van der Waals surface area contributed by atoms with Crippen LogP contribution < -0.4 is 10.1 Å². The maximum absolute atomic E-state index is 12.6. The molecule has 0 aliphatic carbocycles. The molecule has 1 aromatic heterocycles. The molecule has 0 atom stereocenters. The number of para-hydroxylation sites is 1. The van der Waals surface area contributed by atoms with E-state index in [1.165, 1.54) is 18.1 Å². The molecule has 1 amide bonds. The van der Waals surface area contributed by atoms with Crippen LogP contribution in [0.2, 0.25) is 0 Å². The van der Waals surface area contributed by atoms with Gasteiger partial charge in [0.25, 0.3) is 5.91 Å². The van der Waals surface area contributed by atoms with Crippen molar-refractivity contribution in [1.82, 2.24) is 20.2 Å². The molecule has 0 fully saturated rings. The molecule has 26 heavy (non-hydrogen) atoms. The molecular formula is C17H15N5O4. The number of aromatic nitrogens is 4. The van der Waals surface area contributed by atoms with E-state index in [0.717, 1.165) is 0 Å². The molecular weight excluding hydrogens is 338 g/mol. The number of methoxy groups -OCH3 is 1. The van der Waals surface area contributed by atoms with Crippen LogP contribution >= 0.6 is 0 Å². The highest BCUT2D eigenvalue weighted by molar-refractivity contribution is 6.06. The first-order chi connectivity index (χ1) is 12.7. The maximum atomic E-state index is 12.6. The minimum atomic E-state index is -0.471. The molecule has 0 saturated carbocycles. The molecule has 3 rings (SSSR count).